The van der Waals surface area contributed by atoms with Gasteiger partial charge in [-0.15, -0.1) is 124 Å². The molecule has 0 spiro atoms. The molecule has 0 aliphatic heterocycles. The third-order valence-corrected chi connectivity index (χ3v) is 33.1. The number of halogens is 2. The lowest BCUT2D eigenvalue weighted by Gasteiger charge is -2.13. The summed E-state index contributed by atoms with van der Waals surface area (Å²) in [5.41, 5.74) is 12.0. The van der Waals surface area contributed by atoms with Crippen molar-refractivity contribution in [1.29, 1.82) is 0 Å². The molecule has 478 valence electrons. The van der Waals surface area contributed by atoms with Gasteiger partial charge in [-0.25, -0.2) is 8.78 Å². The lowest BCUT2D eigenvalue weighted by molar-refractivity contribution is 0.452. The molecule has 15 aromatic rings. The Hall–Kier alpha value is -5.32. The summed E-state index contributed by atoms with van der Waals surface area (Å²) in [6.45, 7) is 21.9. The van der Waals surface area contributed by atoms with Crippen LogP contribution < -0.4 is 0 Å². The topological polar surface area (TPSA) is 51.6 Å². The summed E-state index contributed by atoms with van der Waals surface area (Å²) >= 11 is 21.5. The summed E-state index contributed by atoms with van der Waals surface area (Å²) in [5, 5.41) is 11.6. The first-order valence-corrected chi connectivity index (χ1v) is 42.0. The lowest BCUT2D eigenvalue weighted by Crippen LogP contribution is -2.01. The minimum atomic E-state index is -0.219. The number of fused-ring (bicyclic) bond motifs is 4. The third kappa shape index (κ3) is 12.0. The maximum Gasteiger partial charge on any atom is 0.128 e. The van der Waals surface area contributed by atoms with E-state index in [1.807, 2.05) is 105 Å². The van der Waals surface area contributed by atoms with E-state index in [2.05, 4.69) is 159 Å². The fourth-order valence-electron chi connectivity index (χ4n) is 13.2. The van der Waals surface area contributed by atoms with Crippen LogP contribution in [0.2, 0.25) is 0 Å². The van der Waals surface area contributed by atoms with Crippen molar-refractivity contribution in [3.8, 4) is 100 Å². The Morgan fingerprint density at radius 2 is 0.713 bits per heavy atom. The minimum absolute atomic E-state index is 0.219. The molecule has 0 saturated carbocycles. The highest BCUT2D eigenvalue weighted by Gasteiger charge is 2.28. The normalized spacial score (nSPS) is 12.8. The van der Waals surface area contributed by atoms with Gasteiger partial charge in [0.1, 0.15) is 22.7 Å². The Bertz CT molecular complexity index is 4940. The van der Waals surface area contributed by atoms with Crippen molar-refractivity contribution in [2.75, 3.05) is 0 Å². The second kappa shape index (κ2) is 26.8. The number of thiophene rings is 10. The molecule has 0 fully saturated rings. The van der Waals surface area contributed by atoms with Crippen molar-refractivity contribution in [3.05, 3.63) is 152 Å². The average Bonchev–Trinajstić information content (AvgIpc) is 1.55. The second-order valence-corrected chi connectivity index (χ2v) is 37.3. The third-order valence-electron chi connectivity index (χ3n) is 18.6. The fraction of sp³-hybridized carbons (Fsp3) is 0.289. The molecule has 4 nitrogen and oxygen atoms in total. The second-order valence-electron chi connectivity index (χ2n) is 25.0. The molecule has 15 rings (SSSR count). The van der Waals surface area contributed by atoms with Crippen molar-refractivity contribution >= 4 is 177 Å². The quantitative estimate of drug-likeness (QED) is 0.0679. The van der Waals surface area contributed by atoms with Crippen LogP contribution in [0, 0.1) is 65.0 Å². The number of hydrogen-bond acceptors (Lipinski definition) is 16. The first-order valence-electron chi connectivity index (χ1n) is 32.3. The maximum absolute atomic E-state index is 15.3. The summed E-state index contributed by atoms with van der Waals surface area (Å²) in [6.07, 6.45) is 12.2. The molecule has 0 radical (unpaired) electrons. The highest BCUT2D eigenvalue weighted by Crippen LogP contribution is 2.57. The number of unbranched alkanes of at least 4 members (excludes halogenated alkanes) is 2. The summed E-state index contributed by atoms with van der Waals surface area (Å²) in [7, 11) is 0. The van der Waals surface area contributed by atoms with Gasteiger partial charge in [0.05, 0.1) is 9.40 Å². The van der Waals surface area contributed by atoms with Crippen molar-refractivity contribution in [2.45, 2.75) is 133 Å². The zero-order chi connectivity index (χ0) is 64.8. The first kappa shape index (κ1) is 64.7. The van der Waals surface area contributed by atoms with Gasteiger partial charge in [-0.05, 0) is 209 Å². The number of nitrogens with zero attached hydrogens (tertiary/aromatic N) is 4. The predicted octanol–water partition coefficient (Wildman–Crippen LogP) is 28.9. The number of benzene rings is 3. The number of rotatable bonds is 22. The summed E-state index contributed by atoms with van der Waals surface area (Å²) in [5.74, 6) is 0.917. The van der Waals surface area contributed by atoms with Gasteiger partial charge in [-0.2, -0.15) is 0 Å². The van der Waals surface area contributed by atoms with Crippen LogP contribution in [0.1, 0.15) is 122 Å². The molecule has 18 heteroatoms. The zero-order valence-corrected chi connectivity index (χ0v) is 63.7. The van der Waals surface area contributed by atoms with E-state index in [0.717, 1.165) is 54.2 Å². The van der Waals surface area contributed by atoms with E-state index in [1.165, 1.54) is 206 Å². The highest BCUT2D eigenvalue weighted by atomic mass is 32.1. The molecular formula is C76H68F2N4S12. The molecule has 0 aliphatic rings. The van der Waals surface area contributed by atoms with Crippen LogP contribution in [0.25, 0.3) is 141 Å². The molecule has 3 aromatic carbocycles. The van der Waals surface area contributed by atoms with Crippen molar-refractivity contribution in [1.82, 2.24) is 19.2 Å². The van der Waals surface area contributed by atoms with Crippen LogP contribution in [0.3, 0.4) is 0 Å². The number of hydrogen-bond donors (Lipinski definition) is 0. The molecule has 0 bridgehead atoms. The van der Waals surface area contributed by atoms with Crippen LogP contribution in [-0.4, -0.2) is 19.2 Å². The summed E-state index contributed by atoms with van der Waals surface area (Å²) < 4.78 is 43.4. The van der Waals surface area contributed by atoms with Gasteiger partial charge in [0, 0.05) is 141 Å². The molecule has 94 heavy (non-hydrogen) atoms. The van der Waals surface area contributed by atoms with Crippen molar-refractivity contribution < 1.29 is 8.78 Å². The highest BCUT2D eigenvalue weighted by molar-refractivity contribution is 7.32. The largest absolute Gasteiger partial charge is 0.207 e. The van der Waals surface area contributed by atoms with E-state index < -0.39 is 0 Å². The molecule has 2 unspecified atom stereocenters. The van der Waals surface area contributed by atoms with Gasteiger partial charge in [0.2, 0.25) is 0 Å². The SMILES string of the molecule is CCCCC(CC)Cc1ccc(-c2c3cc(-c4cc(C)c(-c5ccc(-c6sc(-c7cc(F)c(C)c8snnc78)cc6C)s5)s4)sc3c(-c3ccc(CC(CC)CCCC)s3)c3cc(-c4cc(C)c(-c5ccc(-c6sc(-c7cc(F)c(C)c8snnc78)cc6C)s5)s4)sc23)s1. The smallest absolute Gasteiger partial charge is 0.128 e. The van der Waals surface area contributed by atoms with Crippen LogP contribution in [-0.2, 0) is 12.8 Å². The van der Waals surface area contributed by atoms with E-state index in [9.17, 15) is 0 Å². The lowest BCUT2D eigenvalue weighted by atomic mass is 9.95. The summed E-state index contributed by atoms with van der Waals surface area (Å²) in [6, 6.07) is 36.6. The Morgan fingerprint density at radius 3 is 1.09 bits per heavy atom. The monoisotopic (exact) mass is 1460 g/mol. The van der Waals surface area contributed by atoms with Crippen molar-refractivity contribution in [2.24, 2.45) is 11.8 Å². The average molecular weight is 1460 g/mol. The Balaban J connectivity index is 0.836. The van der Waals surface area contributed by atoms with E-state index >= 15 is 8.78 Å². The molecular weight excluding hydrogens is 1390 g/mol. The van der Waals surface area contributed by atoms with Gasteiger partial charge in [-0.1, -0.05) is 88.0 Å². The number of aromatic nitrogens is 4. The van der Waals surface area contributed by atoms with E-state index in [1.54, 1.807) is 34.8 Å². The van der Waals surface area contributed by atoms with Gasteiger partial charge >= 0.3 is 0 Å². The molecule has 0 amide bonds. The maximum atomic E-state index is 15.3. The van der Waals surface area contributed by atoms with Crippen LogP contribution in [0.5, 0.6) is 0 Å². The molecule has 12 heterocycles. The van der Waals surface area contributed by atoms with E-state index in [4.69, 9.17) is 0 Å². The molecule has 12 aromatic heterocycles. The van der Waals surface area contributed by atoms with Crippen LogP contribution in [0.4, 0.5) is 8.78 Å². The number of aryl methyl sites for hydroxylation is 6. The van der Waals surface area contributed by atoms with E-state index in [-0.39, 0.29) is 11.6 Å². The standard InChI is InChI=1S/C76H68F2N4S12/c1-11-15-17-43(13-3)31-45-19-21-53(83-45)65-49-35-63(61-29-39(7)71(89-61)57-25-23-55(85-57)69-37(5)27-59(87-69)47-33-51(77)41(9)73-67(47)79-81-93-73)92-76(49)66(54-22-20-46(84-54)32-44(14-4)18-16-12-2)50-36-64(91-75(50)65)62-30-40(8)72(90-62)58-26-24-56(86-58)70-38(6)28-60(88-70)48-34-52(78)42(10)74-68(48)80-82-94-74/h19-30,33-36,43-44H,11-18,31-32H2,1-10H3. The minimum Gasteiger partial charge on any atom is -0.207 e. The van der Waals surface area contributed by atoms with Gasteiger partial charge < -0.3 is 0 Å². The Kier molecular flexibility index (Phi) is 18.5. The molecule has 0 saturated heterocycles. The Labute approximate surface area is 596 Å². The first-order chi connectivity index (χ1) is 45.6. The molecule has 0 aliphatic carbocycles. The Morgan fingerprint density at radius 1 is 0.362 bits per heavy atom. The van der Waals surface area contributed by atoms with E-state index in [0.29, 0.717) is 23.0 Å². The zero-order valence-electron chi connectivity index (χ0n) is 53.9. The van der Waals surface area contributed by atoms with Gasteiger partial charge in [-0.3, -0.25) is 0 Å². The summed E-state index contributed by atoms with van der Waals surface area (Å²) in [4.78, 5) is 22.9. The van der Waals surface area contributed by atoms with Gasteiger partial charge in [0.15, 0.2) is 0 Å². The van der Waals surface area contributed by atoms with Crippen LogP contribution in [0.15, 0.2) is 97.1 Å². The predicted molar refractivity (Wildman–Crippen MR) is 419 cm³/mol. The van der Waals surface area contributed by atoms with Gasteiger partial charge in [0.25, 0.3) is 0 Å². The van der Waals surface area contributed by atoms with Crippen LogP contribution >= 0.6 is 136 Å². The van der Waals surface area contributed by atoms with Crippen molar-refractivity contribution in [3.63, 3.8) is 0 Å². The molecule has 0 N–H and O–H groups in total. The fourth-order valence-corrected chi connectivity index (χ4v) is 27.1. The molecule has 2 atom stereocenters.